The van der Waals surface area contributed by atoms with Gasteiger partial charge in [0.15, 0.2) is 0 Å². The third-order valence-electron chi connectivity index (χ3n) is 0.406. The van der Waals surface area contributed by atoms with Crippen molar-refractivity contribution in [2.75, 3.05) is 6.61 Å². The molecule has 0 rings (SSSR count). The van der Waals surface area contributed by atoms with Gasteiger partial charge >= 0.3 is 0 Å². The zero-order chi connectivity index (χ0) is 5.54. The van der Waals surface area contributed by atoms with Gasteiger partial charge in [-0.1, -0.05) is 0 Å². The van der Waals surface area contributed by atoms with Crippen LogP contribution in [0.15, 0.2) is 12.2 Å². The second-order valence-electron chi connectivity index (χ2n) is 0.902. The first-order valence-corrected chi connectivity index (χ1v) is 1.83. The molecule has 0 aromatic heterocycles. The Morgan fingerprint density at radius 2 is 2.57 bits per heavy atom. The highest BCUT2D eigenvalue weighted by atomic mass is 16.5. The van der Waals surface area contributed by atoms with Gasteiger partial charge in [-0.15, -0.1) is 0 Å². The van der Waals surface area contributed by atoms with Crippen LogP contribution in [0.4, 0.5) is 0 Å². The smallest absolute Gasteiger partial charge is 0.0909 e. The second kappa shape index (κ2) is 5.19. The van der Waals surface area contributed by atoms with E-state index in [2.05, 4.69) is 11.8 Å². The van der Waals surface area contributed by atoms with Crippen molar-refractivity contribution in [2.45, 2.75) is 0 Å². The molecule has 0 saturated carbocycles. The zero-order valence-corrected chi connectivity index (χ0v) is 3.92. The number of ether oxygens (including phenoxy) is 1. The largest absolute Gasteiger partial charge is 0.375 e. The first-order chi connectivity index (χ1) is 3.41. The Bertz CT molecular complexity index is 90.7. The maximum atomic E-state index is 7.88. The van der Waals surface area contributed by atoms with E-state index in [1.165, 1.54) is 6.08 Å². The number of nitriles is 1. The van der Waals surface area contributed by atoms with Crippen LogP contribution < -0.4 is 0 Å². The lowest BCUT2D eigenvalue weighted by atomic mass is 10.5. The van der Waals surface area contributed by atoms with Gasteiger partial charge in [0.05, 0.1) is 19.8 Å². The Kier molecular flexibility index (Phi) is 4.59. The lowest BCUT2D eigenvalue weighted by molar-refractivity contribution is 0.282. The van der Waals surface area contributed by atoms with Crippen LogP contribution >= 0.6 is 0 Å². The average molecular weight is 96.1 g/mol. The molecule has 0 amide bonds. The molecule has 0 aliphatic heterocycles. The molecule has 0 unspecified atom stereocenters. The molecular weight excluding hydrogens is 90.1 g/mol. The predicted molar refractivity (Wildman–Crippen MR) is 26.1 cm³/mol. The fourth-order valence-corrected chi connectivity index (χ4v) is 0.169. The summed E-state index contributed by atoms with van der Waals surface area (Å²) in [6.45, 7) is 0.410. The van der Waals surface area contributed by atoms with Crippen molar-refractivity contribution in [1.82, 2.24) is 0 Å². The Morgan fingerprint density at radius 3 is 3.00 bits per heavy atom. The quantitative estimate of drug-likeness (QED) is 0.478. The summed E-state index contributed by atoms with van der Waals surface area (Å²) >= 11 is 0. The van der Waals surface area contributed by atoms with E-state index < -0.39 is 0 Å². The number of rotatable bonds is 2. The molecule has 0 N–H and O–H groups in total. The fourth-order valence-electron chi connectivity index (χ4n) is 0.169. The van der Waals surface area contributed by atoms with Crippen LogP contribution in [-0.4, -0.2) is 6.61 Å². The van der Waals surface area contributed by atoms with E-state index in [0.717, 1.165) is 0 Å². The first-order valence-electron chi connectivity index (χ1n) is 1.83. The number of hydrogen-bond acceptors (Lipinski definition) is 2. The maximum Gasteiger partial charge on any atom is 0.0909 e. The summed E-state index contributed by atoms with van der Waals surface area (Å²) in [5.41, 5.74) is 0. The molecule has 0 aliphatic carbocycles. The van der Waals surface area contributed by atoms with Gasteiger partial charge in [0, 0.05) is 6.08 Å². The van der Waals surface area contributed by atoms with E-state index >= 15 is 0 Å². The molecule has 0 aliphatic rings. The minimum Gasteiger partial charge on any atom is -0.375 e. The van der Waals surface area contributed by atoms with E-state index in [-0.39, 0.29) is 0 Å². The molecule has 0 aromatic rings. The third-order valence-corrected chi connectivity index (χ3v) is 0.406. The fraction of sp³-hybridized carbons (Fsp3) is 0.200. The molecule has 2 heteroatoms. The van der Waals surface area contributed by atoms with Crippen molar-refractivity contribution in [3.05, 3.63) is 19.3 Å². The number of allylic oxidation sites excluding steroid dienone is 1. The van der Waals surface area contributed by atoms with E-state index in [4.69, 9.17) is 5.26 Å². The standard InChI is InChI=1S/C5H6NO/c1-7-5-3-2-4-6/h2-3H,1,5H2. The summed E-state index contributed by atoms with van der Waals surface area (Å²) in [7, 11) is 3.10. The number of hydrogen-bond donors (Lipinski definition) is 0. The van der Waals surface area contributed by atoms with Crippen LogP contribution in [-0.2, 0) is 4.74 Å². The van der Waals surface area contributed by atoms with Crippen molar-refractivity contribution >= 4 is 0 Å². The second-order valence-corrected chi connectivity index (χ2v) is 0.902. The molecule has 37 valence electrons. The van der Waals surface area contributed by atoms with Crippen molar-refractivity contribution in [3.63, 3.8) is 0 Å². The number of nitrogens with zero attached hydrogens (tertiary/aromatic N) is 1. The normalized spacial score (nSPS) is 9.14. The van der Waals surface area contributed by atoms with Crippen molar-refractivity contribution in [2.24, 2.45) is 0 Å². The van der Waals surface area contributed by atoms with Crippen molar-refractivity contribution < 1.29 is 4.74 Å². The van der Waals surface area contributed by atoms with Crippen molar-refractivity contribution in [1.29, 1.82) is 5.26 Å². The molecule has 0 fully saturated rings. The predicted octanol–water partition coefficient (Wildman–Crippen LogP) is 0.874. The minimum absolute atomic E-state index is 0.410. The topological polar surface area (TPSA) is 33.0 Å². The average Bonchev–Trinajstić information content (AvgIpc) is 1.69. The molecule has 0 bridgehead atoms. The first kappa shape index (κ1) is 6.19. The Balaban J connectivity index is 2.97. The van der Waals surface area contributed by atoms with Crippen LogP contribution in [0, 0.1) is 18.4 Å². The summed E-state index contributed by atoms with van der Waals surface area (Å²) in [6.07, 6.45) is 2.94. The van der Waals surface area contributed by atoms with Gasteiger partial charge in [0.25, 0.3) is 0 Å². The highest BCUT2D eigenvalue weighted by Crippen LogP contribution is 1.70. The molecule has 7 heavy (non-hydrogen) atoms. The summed E-state index contributed by atoms with van der Waals surface area (Å²) in [5, 5.41) is 7.88. The van der Waals surface area contributed by atoms with Gasteiger partial charge in [-0.25, -0.2) is 0 Å². The third kappa shape index (κ3) is 5.19. The summed E-state index contributed by atoms with van der Waals surface area (Å²) in [4.78, 5) is 0. The van der Waals surface area contributed by atoms with Crippen LogP contribution in [0.25, 0.3) is 0 Å². The molecule has 1 radical (unpaired) electrons. The highest BCUT2D eigenvalue weighted by Gasteiger charge is 1.65. The Morgan fingerprint density at radius 1 is 1.86 bits per heavy atom. The van der Waals surface area contributed by atoms with Gasteiger partial charge in [-0.2, -0.15) is 5.26 Å². The van der Waals surface area contributed by atoms with Gasteiger partial charge in [0.1, 0.15) is 0 Å². The highest BCUT2D eigenvalue weighted by molar-refractivity contribution is 5.01. The summed E-state index contributed by atoms with van der Waals surface area (Å²) in [5.74, 6) is 0. The van der Waals surface area contributed by atoms with Crippen molar-refractivity contribution in [3.8, 4) is 6.07 Å². The molecular formula is C5H6NO. The SMILES string of the molecule is [CH2]OCC=CC#N. The molecule has 0 saturated heterocycles. The van der Waals surface area contributed by atoms with Gasteiger partial charge in [0.2, 0.25) is 0 Å². The molecule has 0 heterocycles. The molecule has 0 aromatic carbocycles. The van der Waals surface area contributed by atoms with Gasteiger partial charge in [-0.05, 0) is 6.08 Å². The summed E-state index contributed by atoms with van der Waals surface area (Å²) in [6, 6.07) is 1.81. The van der Waals surface area contributed by atoms with Gasteiger partial charge in [-0.3, -0.25) is 0 Å². The lowest BCUT2D eigenvalue weighted by Crippen LogP contribution is -1.75. The van der Waals surface area contributed by atoms with Crippen LogP contribution in [0.3, 0.4) is 0 Å². The van der Waals surface area contributed by atoms with Crippen LogP contribution in [0.5, 0.6) is 0 Å². The molecule has 0 atom stereocenters. The monoisotopic (exact) mass is 96.0 g/mol. The Hall–Kier alpha value is -0.810. The lowest BCUT2D eigenvalue weighted by Gasteiger charge is -1.80. The van der Waals surface area contributed by atoms with E-state index in [0.29, 0.717) is 6.61 Å². The van der Waals surface area contributed by atoms with Crippen LogP contribution in [0.1, 0.15) is 0 Å². The zero-order valence-electron chi connectivity index (χ0n) is 3.92. The van der Waals surface area contributed by atoms with E-state index in [1.54, 1.807) is 6.08 Å². The van der Waals surface area contributed by atoms with E-state index in [1.807, 2.05) is 6.07 Å². The minimum atomic E-state index is 0.410. The van der Waals surface area contributed by atoms with E-state index in [9.17, 15) is 0 Å². The summed E-state index contributed by atoms with van der Waals surface area (Å²) < 4.78 is 4.36. The molecule has 2 nitrogen and oxygen atoms in total. The van der Waals surface area contributed by atoms with Crippen LogP contribution in [0.2, 0.25) is 0 Å². The van der Waals surface area contributed by atoms with Gasteiger partial charge < -0.3 is 4.74 Å². The maximum absolute atomic E-state index is 7.88. The Labute approximate surface area is 43.0 Å². The molecule has 0 spiro atoms.